The monoisotopic (exact) mass is 527 g/mol. The summed E-state index contributed by atoms with van der Waals surface area (Å²) in [5, 5.41) is 20.3. The Labute approximate surface area is 222 Å². The van der Waals surface area contributed by atoms with E-state index >= 15 is 0 Å². The molecule has 0 spiro atoms. The Morgan fingerprint density at radius 2 is 1.66 bits per heavy atom. The van der Waals surface area contributed by atoms with Gasteiger partial charge in [-0.1, -0.05) is 42.5 Å². The number of carbonyl (C=O) groups excluding carboxylic acids is 3. The molecule has 2 aromatic carbocycles. The molecule has 0 unspecified atom stereocenters. The number of amides is 3. The second kappa shape index (κ2) is 9.94. The molecule has 5 aromatic rings. The van der Waals surface area contributed by atoms with Crippen molar-refractivity contribution in [3.8, 4) is 0 Å². The van der Waals surface area contributed by atoms with Gasteiger partial charge in [0.1, 0.15) is 10.5 Å². The molecule has 0 fully saturated rings. The maximum atomic E-state index is 13.2. The highest BCUT2D eigenvalue weighted by molar-refractivity contribution is 7.20. The molecule has 3 heterocycles. The van der Waals surface area contributed by atoms with Gasteiger partial charge in [0.2, 0.25) is 0 Å². The summed E-state index contributed by atoms with van der Waals surface area (Å²) in [5.74, 6) is -0.787. The van der Waals surface area contributed by atoms with Crippen LogP contribution in [0.3, 0.4) is 0 Å². The molecule has 3 aromatic heterocycles. The van der Waals surface area contributed by atoms with Crippen LogP contribution in [0.5, 0.6) is 0 Å². The lowest BCUT2D eigenvalue weighted by molar-refractivity contribution is 0.0915. The predicted molar refractivity (Wildman–Crippen MR) is 146 cm³/mol. The zero-order chi connectivity index (χ0) is 26.9. The minimum Gasteiger partial charge on any atom is -0.342 e. The van der Waals surface area contributed by atoms with Gasteiger partial charge in [-0.3, -0.25) is 24.2 Å². The van der Waals surface area contributed by atoms with Crippen LogP contribution in [0.25, 0.3) is 10.2 Å². The number of fused-ring (bicyclic) bond motifs is 1. The highest BCUT2D eigenvalue weighted by Crippen LogP contribution is 2.31. The van der Waals surface area contributed by atoms with E-state index in [4.69, 9.17) is 0 Å². The molecule has 0 saturated carbocycles. The number of aromatic amines is 1. The molecule has 0 aliphatic heterocycles. The van der Waals surface area contributed by atoms with E-state index in [1.54, 1.807) is 43.4 Å². The van der Waals surface area contributed by atoms with Crippen LogP contribution in [0.2, 0.25) is 0 Å². The van der Waals surface area contributed by atoms with Gasteiger partial charge < -0.3 is 16.0 Å². The zero-order valence-corrected chi connectivity index (χ0v) is 21.7. The SMILES string of the molecule is Cn1nccc1C(=O)Nc1ccccc1C(=O)Nc1n[nH]c2sc(C(=O)NC(C)(C)c3ccccc3)cc12. The molecule has 3 amide bonds. The second-order valence-electron chi connectivity index (χ2n) is 9.16. The quantitative estimate of drug-likeness (QED) is 0.247. The molecule has 4 N–H and O–H groups in total. The first-order valence-corrected chi connectivity index (χ1v) is 12.6. The third-order valence-corrected chi connectivity index (χ3v) is 7.15. The molecule has 192 valence electrons. The van der Waals surface area contributed by atoms with E-state index in [9.17, 15) is 14.4 Å². The predicted octanol–water partition coefficient (Wildman–Crippen LogP) is 4.53. The molecular formula is C27H25N7O3S. The average Bonchev–Trinajstić information content (AvgIpc) is 3.62. The zero-order valence-electron chi connectivity index (χ0n) is 20.9. The van der Waals surface area contributed by atoms with Crippen LogP contribution < -0.4 is 16.0 Å². The van der Waals surface area contributed by atoms with Crippen LogP contribution in [0.1, 0.15) is 49.9 Å². The fourth-order valence-electron chi connectivity index (χ4n) is 4.04. The Balaban J connectivity index is 1.33. The standard InChI is InChI=1S/C27H25N7O3S/c1-27(2,16-9-5-4-6-10-16)31-25(37)21-15-18-22(32-33-26(18)38-21)30-23(35)17-11-7-8-12-19(17)29-24(36)20-13-14-28-34(20)3/h4-15H,1-3H3,(H,29,36)(H,31,37)(H2,30,32,33,35). The topological polar surface area (TPSA) is 134 Å². The van der Waals surface area contributed by atoms with Crippen LogP contribution in [-0.2, 0) is 12.6 Å². The van der Waals surface area contributed by atoms with Gasteiger partial charge in [-0.15, -0.1) is 11.3 Å². The summed E-state index contributed by atoms with van der Waals surface area (Å²) in [6.07, 6.45) is 1.52. The van der Waals surface area contributed by atoms with Crippen LogP contribution in [0.15, 0.2) is 72.9 Å². The molecule has 0 bridgehead atoms. The fraction of sp³-hybridized carbons (Fsp3) is 0.148. The first-order valence-electron chi connectivity index (χ1n) is 11.8. The summed E-state index contributed by atoms with van der Waals surface area (Å²) < 4.78 is 1.45. The fourth-order valence-corrected chi connectivity index (χ4v) is 4.94. The summed E-state index contributed by atoms with van der Waals surface area (Å²) >= 11 is 1.25. The van der Waals surface area contributed by atoms with Crippen molar-refractivity contribution < 1.29 is 14.4 Å². The molecular weight excluding hydrogens is 502 g/mol. The number of anilines is 2. The maximum absolute atomic E-state index is 13.2. The number of nitrogens with one attached hydrogen (secondary N) is 4. The van der Waals surface area contributed by atoms with E-state index in [0.717, 1.165) is 5.56 Å². The maximum Gasteiger partial charge on any atom is 0.273 e. The van der Waals surface area contributed by atoms with Crippen molar-refractivity contribution in [2.75, 3.05) is 10.6 Å². The molecule has 0 aliphatic rings. The Kier molecular flexibility index (Phi) is 6.52. The minimum atomic E-state index is -0.574. The van der Waals surface area contributed by atoms with E-state index in [1.807, 2.05) is 44.2 Å². The molecule has 38 heavy (non-hydrogen) atoms. The van der Waals surface area contributed by atoms with Crippen LogP contribution in [0, 0.1) is 0 Å². The van der Waals surface area contributed by atoms with E-state index in [0.29, 0.717) is 26.5 Å². The van der Waals surface area contributed by atoms with Crippen molar-refractivity contribution in [1.29, 1.82) is 0 Å². The third-order valence-electron chi connectivity index (χ3n) is 6.11. The molecule has 0 aliphatic carbocycles. The molecule has 5 rings (SSSR count). The van der Waals surface area contributed by atoms with Gasteiger partial charge in [-0.2, -0.15) is 10.2 Å². The number of para-hydroxylation sites is 1. The minimum absolute atomic E-state index is 0.228. The largest absolute Gasteiger partial charge is 0.342 e. The first kappa shape index (κ1) is 24.9. The van der Waals surface area contributed by atoms with Gasteiger partial charge in [0, 0.05) is 13.2 Å². The van der Waals surface area contributed by atoms with E-state index < -0.39 is 11.4 Å². The van der Waals surface area contributed by atoms with Gasteiger partial charge in [-0.25, -0.2) is 0 Å². The number of rotatable bonds is 7. The third kappa shape index (κ3) is 4.91. The highest BCUT2D eigenvalue weighted by Gasteiger charge is 2.25. The molecule has 0 saturated heterocycles. The summed E-state index contributed by atoms with van der Waals surface area (Å²) in [5.41, 5.74) is 1.37. The van der Waals surface area contributed by atoms with Crippen molar-refractivity contribution in [2.24, 2.45) is 7.05 Å². The van der Waals surface area contributed by atoms with Crippen molar-refractivity contribution in [3.05, 3.63) is 94.6 Å². The molecule has 0 radical (unpaired) electrons. The van der Waals surface area contributed by atoms with Gasteiger partial charge >= 0.3 is 0 Å². The lowest BCUT2D eigenvalue weighted by atomic mass is 9.94. The number of hydrogen-bond acceptors (Lipinski definition) is 6. The van der Waals surface area contributed by atoms with Crippen LogP contribution in [0.4, 0.5) is 11.5 Å². The Bertz CT molecular complexity index is 1650. The van der Waals surface area contributed by atoms with Crippen molar-refractivity contribution in [3.63, 3.8) is 0 Å². The average molecular weight is 528 g/mol. The van der Waals surface area contributed by atoms with Gasteiger partial charge in [0.15, 0.2) is 5.82 Å². The summed E-state index contributed by atoms with van der Waals surface area (Å²) in [4.78, 5) is 40.0. The number of thiophene rings is 1. The van der Waals surface area contributed by atoms with E-state index in [-0.39, 0.29) is 23.2 Å². The Morgan fingerprint density at radius 1 is 0.921 bits per heavy atom. The van der Waals surface area contributed by atoms with Gasteiger partial charge in [0.25, 0.3) is 17.7 Å². The first-order chi connectivity index (χ1) is 18.2. The lowest BCUT2D eigenvalue weighted by Gasteiger charge is -2.26. The molecule has 11 heteroatoms. The van der Waals surface area contributed by atoms with Gasteiger partial charge in [0.05, 0.1) is 27.1 Å². The number of hydrogen-bond donors (Lipinski definition) is 4. The number of nitrogens with zero attached hydrogens (tertiary/aromatic N) is 3. The Hall–Kier alpha value is -4.77. The highest BCUT2D eigenvalue weighted by atomic mass is 32.1. The van der Waals surface area contributed by atoms with E-state index in [2.05, 4.69) is 31.2 Å². The smallest absolute Gasteiger partial charge is 0.273 e. The van der Waals surface area contributed by atoms with Crippen molar-refractivity contribution in [1.82, 2.24) is 25.3 Å². The normalized spacial score (nSPS) is 11.3. The number of benzene rings is 2. The van der Waals surface area contributed by atoms with Gasteiger partial charge in [-0.05, 0) is 43.7 Å². The van der Waals surface area contributed by atoms with Crippen LogP contribution >= 0.6 is 11.3 Å². The number of aryl methyl sites for hydroxylation is 1. The second-order valence-corrected chi connectivity index (χ2v) is 10.2. The van der Waals surface area contributed by atoms with E-state index in [1.165, 1.54) is 22.2 Å². The summed E-state index contributed by atoms with van der Waals surface area (Å²) in [6.45, 7) is 3.88. The van der Waals surface area contributed by atoms with Crippen LogP contribution in [-0.4, -0.2) is 37.7 Å². The summed E-state index contributed by atoms with van der Waals surface area (Å²) in [6, 6.07) is 19.7. The lowest BCUT2D eigenvalue weighted by Crippen LogP contribution is -2.40. The Morgan fingerprint density at radius 3 is 2.39 bits per heavy atom. The molecule has 10 nitrogen and oxygen atoms in total. The number of aromatic nitrogens is 4. The van der Waals surface area contributed by atoms with Crippen molar-refractivity contribution >= 4 is 50.8 Å². The summed E-state index contributed by atoms with van der Waals surface area (Å²) in [7, 11) is 1.66. The number of H-pyrrole nitrogens is 1. The van der Waals surface area contributed by atoms with Crippen molar-refractivity contribution in [2.45, 2.75) is 19.4 Å². The molecule has 0 atom stereocenters. The number of carbonyl (C=O) groups is 3.